The van der Waals surface area contributed by atoms with Crippen LogP contribution in [0.25, 0.3) is 0 Å². The Morgan fingerprint density at radius 1 is 1.14 bits per heavy atom. The van der Waals surface area contributed by atoms with Gasteiger partial charge in [-0.25, -0.2) is 4.98 Å². The van der Waals surface area contributed by atoms with Crippen LogP contribution in [-0.2, 0) is 6.42 Å². The van der Waals surface area contributed by atoms with Gasteiger partial charge < -0.3 is 15.8 Å². The molecule has 1 heterocycles. The van der Waals surface area contributed by atoms with E-state index in [-0.39, 0.29) is 0 Å². The number of nitrogens with one attached hydrogen (secondary N) is 1. The van der Waals surface area contributed by atoms with Gasteiger partial charge in [-0.2, -0.15) is 4.98 Å². The molecule has 0 aliphatic rings. The van der Waals surface area contributed by atoms with E-state index in [1.165, 1.54) is 0 Å². The van der Waals surface area contributed by atoms with Crippen LogP contribution >= 0.6 is 0 Å². The van der Waals surface area contributed by atoms with Gasteiger partial charge in [0.15, 0.2) is 5.82 Å². The minimum absolute atomic E-state index is 0.501. The molecule has 5 nitrogen and oxygen atoms in total. The fourth-order valence-electron chi connectivity index (χ4n) is 1.89. The van der Waals surface area contributed by atoms with E-state index in [4.69, 9.17) is 10.5 Å². The molecule has 0 amide bonds. The summed E-state index contributed by atoms with van der Waals surface area (Å²) in [7, 11) is 0. The molecule has 0 saturated heterocycles. The zero-order valence-electron chi connectivity index (χ0n) is 13.9. The van der Waals surface area contributed by atoms with E-state index in [0.29, 0.717) is 29.9 Å². The molecule has 1 aromatic rings. The molecule has 3 N–H and O–H groups in total. The summed E-state index contributed by atoms with van der Waals surface area (Å²) in [5, 5.41) is 3.30. The normalized spacial score (nSPS) is 10.9. The van der Waals surface area contributed by atoms with Gasteiger partial charge in [0.2, 0.25) is 5.88 Å². The van der Waals surface area contributed by atoms with Crippen LogP contribution in [0.4, 0.5) is 11.5 Å². The average Bonchev–Trinajstić information content (AvgIpc) is 2.43. The molecule has 120 valence electrons. The maximum Gasteiger partial charge on any atom is 0.242 e. The summed E-state index contributed by atoms with van der Waals surface area (Å²) in [6.45, 7) is 10.1. The monoisotopic (exact) mass is 294 g/mol. The predicted octanol–water partition coefficient (Wildman–Crippen LogP) is 3.65. The molecule has 21 heavy (non-hydrogen) atoms. The van der Waals surface area contributed by atoms with E-state index >= 15 is 0 Å². The molecule has 0 spiro atoms. The van der Waals surface area contributed by atoms with Crippen molar-refractivity contribution in [2.24, 2.45) is 5.92 Å². The van der Waals surface area contributed by atoms with Crippen LogP contribution < -0.4 is 15.8 Å². The molecule has 0 aliphatic heterocycles. The van der Waals surface area contributed by atoms with Crippen molar-refractivity contribution < 1.29 is 4.74 Å². The van der Waals surface area contributed by atoms with Crippen molar-refractivity contribution in [2.75, 3.05) is 24.2 Å². The number of nitrogens with zero attached hydrogens (tertiary/aromatic N) is 2. The van der Waals surface area contributed by atoms with Gasteiger partial charge in [0.05, 0.1) is 6.61 Å². The van der Waals surface area contributed by atoms with Crippen LogP contribution in [0.5, 0.6) is 5.88 Å². The highest BCUT2D eigenvalue weighted by Crippen LogP contribution is 2.27. The number of nitrogen functional groups attached to an aromatic ring is 1. The minimum Gasteiger partial charge on any atom is -0.476 e. The van der Waals surface area contributed by atoms with Crippen molar-refractivity contribution in [1.29, 1.82) is 0 Å². The molecule has 0 fully saturated rings. The van der Waals surface area contributed by atoms with E-state index in [9.17, 15) is 0 Å². The lowest BCUT2D eigenvalue weighted by Gasteiger charge is -2.14. The Labute approximate surface area is 128 Å². The fourth-order valence-corrected chi connectivity index (χ4v) is 1.89. The lowest BCUT2D eigenvalue weighted by atomic mass is 10.1. The van der Waals surface area contributed by atoms with Crippen LogP contribution in [0, 0.1) is 5.92 Å². The third-order valence-electron chi connectivity index (χ3n) is 3.11. The standard InChI is InChI=1S/C16H30N4O/c1-5-7-9-18-15-14(17)16(21-10-8-6-2)20-13(19-15)11-12(3)4/h12H,5-11,17H2,1-4H3,(H,18,19,20). The van der Waals surface area contributed by atoms with Crippen molar-refractivity contribution in [3.63, 3.8) is 0 Å². The zero-order chi connectivity index (χ0) is 15.7. The quantitative estimate of drug-likeness (QED) is 0.644. The summed E-state index contributed by atoms with van der Waals surface area (Å²) in [6.07, 6.45) is 5.14. The van der Waals surface area contributed by atoms with Crippen molar-refractivity contribution in [3.05, 3.63) is 5.82 Å². The Bertz CT molecular complexity index is 390. The van der Waals surface area contributed by atoms with Crippen LogP contribution in [-0.4, -0.2) is 23.1 Å². The SMILES string of the molecule is CCCCNc1nc(CC(C)C)nc(OCCCC)c1N. The largest absolute Gasteiger partial charge is 0.476 e. The van der Waals surface area contributed by atoms with Crippen LogP contribution in [0.2, 0.25) is 0 Å². The van der Waals surface area contributed by atoms with Crippen molar-refractivity contribution >= 4 is 11.5 Å². The van der Waals surface area contributed by atoms with Gasteiger partial charge in [-0.3, -0.25) is 0 Å². The number of anilines is 2. The van der Waals surface area contributed by atoms with Gasteiger partial charge >= 0.3 is 0 Å². The van der Waals surface area contributed by atoms with Gasteiger partial charge in [0.1, 0.15) is 11.5 Å². The van der Waals surface area contributed by atoms with E-state index < -0.39 is 0 Å². The summed E-state index contributed by atoms with van der Waals surface area (Å²) < 4.78 is 5.73. The summed E-state index contributed by atoms with van der Waals surface area (Å²) in [6, 6.07) is 0. The molecule has 1 aromatic heterocycles. The van der Waals surface area contributed by atoms with Gasteiger partial charge in [-0.05, 0) is 18.8 Å². The third-order valence-corrected chi connectivity index (χ3v) is 3.11. The summed E-state index contributed by atoms with van der Waals surface area (Å²) >= 11 is 0. The van der Waals surface area contributed by atoms with Crippen molar-refractivity contribution in [3.8, 4) is 5.88 Å². The van der Waals surface area contributed by atoms with Crippen molar-refractivity contribution in [1.82, 2.24) is 9.97 Å². The van der Waals surface area contributed by atoms with Crippen LogP contribution in [0.15, 0.2) is 0 Å². The van der Waals surface area contributed by atoms with E-state index in [0.717, 1.165) is 44.5 Å². The molecule has 0 aromatic carbocycles. The van der Waals surface area contributed by atoms with E-state index in [1.807, 2.05) is 0 Å². The predicted molar refractivity (Wildman–Crippen MR) is 88.8 cm³/mol. The molecule has 0 radical (unpaired) electrons. The zero-order valence-corrected chi connectivity index (χ0v) is 13.9. The second-order valence-electron chi connectivity index (χ2n) is 5.79. The number of aromatic nitrogens is 2. The summed E-state index contributed by atoms with van der Waals surface area (Å²) in [5.41, 5.74) is 6.66. The first-order valence-electron chi connectivity index (χ1n) is 8.11. The first-order chi connectivity index (χ1) is 10.1. The van der Waals surface area contributed by atoms with Crippen molar-refractivity contribution in [2.45, 2.75) is 59.8 Å². The van der Waals surface area contributed by atoms with Gasteiger partial charge in [0.25, 0.3) is 0 Å². The molecule has 0 unspecified atom stereocenters. The maximum atomic E-state index is 6.13. The highest BCUT2D eigenvalue weighted by molar-refractivity contribution is 5.66. The smallest absolute Gasteiger partial charge is 0.242 e. The van der Waals surface area contributed by atoms with Crippen LogP contribution in [0.3, 0.4) is 0 Å². The number of rotatable bonds is 10. The molecular weight excluding hydrogens is 264 g/mol. The molecule has 1 rings (SSSR count). The highest BCUT2D eigenvalue weighted by atomic mass is 16.5. The minimum atomic E-state index is 0.501. The van der Waals surface area contributed by atoms with Gasteiger partial charge in [0, 0.05) is 13.0 Å². The second-order valence-corrected chi connectivity index (χ2v) is 5.79. The molecular formula is C16H30N4O. The summed E-state index contributed by atoms with van der Waals surface area (Å²) in [4.78, 5) is 9.02. The van der Waals surface area contributed by atoms with Gasteiger partial charge in [-0.15, -0.1) is 0 Å². The van der Waals surface area contributed by atoms with Crippen LogP contribution in [0.1, 0.15) is 59.2 Å². The lowest BCUT2D eigenvalue weighted by Crippen LogP contribution is -2.13. The van der Waals surface area contributed by atoms with E-state index in [1.54, 1.807) is 0 Å². The number of nitrogens with two attached hydrogens (primary N) is 1. The molecule has 0 atom stereocenters. The molecule has 0 aliphatic carbocycles. The lowest BCUT2D eigenvalue weighted by molar-refractivity contribution is 0.298. The Morgan fingerprint density at radius 2 is 1.86 bits per heavy atom. The number of ether oxygens (including phenoxy) is 1. The Kier molecular flexibility index (Phi) is 7.87. The first-order valence-corrected chi connectivity index (χ1v) is 8.11. The third kappa shape index (κ3) is 6.19. The van der Waals surface area contributed by atoms with E-state index in [2.05, 4.69) is 43.0 Å². The topological polar surface area (TPSA) is 73.1 Å². The number of hydrogen-bond acceptors (Lipinski definition) is 5. The first kappa shape index (κ1) is 17.5. The Balaban J connectivity index is 2.89. The molecule has 5 heteroatoms. The Hall–Kier alpha value is -1.52. The Morgan fingerprint density at radius 3 is 2.48 bits per heavy atom. The number of hydrogen-bond donors (Lipinski definition) is 2. The molecule has 0 bridgehead atoms. The van der Waals surface area contributed by atoms with Gasteiger partial charge in [-0.1, -0.05) is 40.5 Å². The number of unbranched alkanes of at least 4 members (excludes halogenated alkanes) is 2. The molecule has 0 saturated carbocycles. The summed E-state index contributed by atoms with van der Waals surface area (Å²) in [5.74, 6) is 2.53. The second kappa shape index (κ2) is 9.42. The maximum absolute atomic E-state index is 6.13. The highest BCUT2D eigenvalue weighted by Gasteiger charge is 2.13. The average molecular weight is 294 g/mol. The fraction of sp³-hybridized carbons (Fsp3) is 0.750.